The summed E-state index contributed by atoms with van der Waals surface area (Å²) < 4.78 is 5.13. The van der Waals surface area contributed by atoms with Crippen LogP contribution in [0.15, 0.2) is 0 Å². The first-order valence-electron chi connectivity index (χ1n) is 7.97. The first kappa shape index (κ1) is 17.0. The highest BCUT2D eigenvalue weighted by atomic mass is 16.5. The minimum absolute atomic E-state index is 0.206. The SMILES string of the molecule is CCC(C)OC(=O)C(CCCCC1CCCC1)C(=O)O. The van der Waals surface area contributed by atoms with E-state index in [0.29, 0.717) is 12.8 Å². The Morgan fingerprint density at radius 1 is 1.25 bits per heavy atom. The van der Waals surface area contributed by atoms with Crippen molar-refractivity contribution in [2.45, 2.75) is 77.7 Å². The van der Waals surface area contributed by atoms with Gasteiger partial charge in [-0.25, -0.2) is 0 Å². The van der Waals surface area contributed by atoms with Crippen molar-refractivity contribution < 1.29 is 19.4 Å². The fraction of sp³-hybridized carbons (Fsp3) is 0.875. The highest BCUT2D eigenvalue weighted by molar-refractivity contribution is 5.93. The zero-order chi connectivity index (χ0) is 15.0. The Balaban J connectivity index is 2.27. The number of hydrogen-bond donors (Lipinski definition) is 1. The van der Waals surface area contributed by atoms with Crippen LogP contribution in [0.25, 0.3) is 0 Å². The number of rotatable bonds is 9. The van der Waals surface area contributed by atoms with E-state index in [0.717, 1.165) is 18.8 Å². The third-order valence-electron chi connectivity index (χ3n) is 4.30. The lowest BCUT2D eigenvalue weighted by atomic mass is 9.96. The lowest BCUT2D eigenvalue weighted by molar-refractivity contribution is -0.162. The highest BCUT2D eigenvalue weighted by Crippen LogP contribution is 2.29. The molecule has 2 unspecified atom stereocenters. The van der Waals surface area contributed by atoms with Crippen LogP contribution in [0.2, 0.25) is 0 Å². The minimum atomic E-state index is -1.06. The van der Waals surface area contributed by atoms with Crippen molar-refractivity contribution in [3.8, 4) is 0 Å². The number of unbranched alkanes of at least 4 members (excludes halogenated alkanes) is 1. The largest absolute Gasteiger partial charge is 0.481 e. The number of hydrogen-bond acceptors (Lipinski definition) is 3. The molecule has 0 aromatic heterocycles. The molecule has 2 atom stereocenters. The van der Waals surface area contributed by atoms with Crippen molar-refractivity contribution in [1.29, 1.82) is 0 Å². The Bertz CT molecular complexity index is 308. The summed E-state index contributed by atoms with van der Waals surface area (Å²) in [5.41, 5.74) is 0. The quantitative estimate of drug-likeness (QED) is 0.397. The number of esters is 1. The van der Waals surface area contributed by atoms with Gasteiger partial charge in [-0.2, -0.15) is 0 Å². The molecule has 0 aliphatic heterocycles. The molecule has 4 heteroatoms. The van der Waals surface area contributed by atoms with E-state index in [9.17, 15) is 9.59 Å². The average molecular weight is 284 g/mol. The van der Waals surface area contributed by atoms with Gasteiger partial charge in [-0.3, -0.25) is 9.59 Å². The van der Waals surface area contributed by atoms with Gasteiger partial charge in [0, 0.05) is 0 Å². The summed E-state index contributed by atoms with van der Waals surface area (Å²) in [6.07, 6.45) is 9.20. The van der Waals surface area contributed by atoms with E-state index in [4.69, 9.17) is 9.84 Å². The summed E-state index contributed by atoms with van der Waals surface area (Å²) in [6.45, 7) is 3.70. The first-order valence-corrected chi connectivity index (χ1v) is 7.97. The molecule has 1 saturated carbocycles. The molecule has 0 saturated heterocycles. The molecule has 1 aliphatic carbocycles. The van der Waals surface area contributed by atoms with Crippen LogP contribution in [0.3, 0.4) is 0 Å². The maximum Gasteiger partial charge on any atom is 0.320 e. The number of carbonyl (C=O) groups excluding carboxylic acids is 1. The molecule has 0 radical (unpaired) electrons. The van der Waals surface area contributed by atoms with E-state index in [-0.39, 0.29) is 6.10 Å². The molecule has 1 aliphatic rings. The highest BCUT2D eigenvalue weighted by Gasteiger charge is 2.28. The fourth-order valence-corrected chi connectivity index (χ4v) is 2.79. The number of carboxylic acid groups (broad SMARTS) is 1. The topological polar surface area (TPSA) is 63.6 Å². The maximum absolute atomic E-state index is 11.8. The minimum Gasteiger partial charge on any atom is -0.481 e. The number of aliphatic carboxylic acids is 1. The Hall–Kier alpha value is -1.06. The summed E-state index contributed by atoms with van der Waals surface area (Å²) >= 11 is 0. The van der Waals surface area contributed by atoms with Crippen LogP contribution in [0, 0.1) is 11.8 Å². The van der Waals surface area contributed by atoms with Crippen molar-refractivity contribution in [2.75, 3.05) is 0 Å². The predicted molar refractivity (Wildman–Crippen MR) is 77.4 cm³/mol. The smallest absolute Gasteiger partial charge is 0.320 e. The normalized spacial score (nSPS) is 18.7. The zero-order valence-electron chi connectivity index (χ0n) is 12.8. The van der Waals surface area contributed by atoms with Gasteiger partial charge in [0.1, 0.15) is 0 Å². The number of ether oxygens (including phenoxy) is 1. The van der Waals surface area contributed by atoms with Crippen LogP contribution in [0.4, 0.5) is 0 Å². The van der Waals surface area contributed by atoms with Gasteiger partial charge in [0.25, 0.3) is 0 Å². The molecule has 20 heavy (non-hydrogen) atoms. The summed E-state index contributed by atoms with van der Waals surface area (Å²) in [5.74, 6) is -1.80. The molecular formula is C16H28O4. The van der Waals surface area contributed by atoms with Crippen LogP contribution in [0.5, 0.6) is 0 Å². The molecule has 0 heterocycles. The Morgan fingerprint density at radius 3 is 2.45 bits per heavy atom. The van der Waals surface area contributed by atoms with Gasteiger partial charge in [0.15, 0.2) is 5.92 Å². The van der Waals surface area contributed by atoms with Crippen LogP contribution in [0.1, 0.15) is 71.6 Å². The van der Waals surface area contributed by atoms with E-state index in [2.05, 4.69) is 0 Å². The third kappa shape index (κ3) is 5.93. The van der Waals surface area contributed by atoms with Crippen LogP contribution >= 0.6 is 0 Å². The molecule has 0 aromatic rings. The molecule has 0 aromatic carbocycles. The average Bonchev–Trinajstić information content (AvgIpc) is 2.90. The van der Waals surface area contributed by atoms with Crippen LogP contribution in [-0.4, -0.2) is 23.1 Å². The van der Waals surface area contributed by atoms with Crippen LogP contribution in [-0.2, 0) is 14.3 Å². The van der Waals surface area contributed by atoms with Gasteiger partial charge in [0.2, 0.25) is 0 Å². The molecular weight excluding hydrogens is 256 g/mol. The van der Waals surface area contributed by atoms with Gasteiger partial charge < -0.3 is 9.84 Å². The van der Waals surface area contributed by atoms with Crippen LogP contribution < -0.4 is 0 Å². The van der Waals surface area contributed by atoms with E-state index in [1.807, 2.05) is 6.92 Å². The monoisotopic (exact) mass is 284 g/mol. The molecule has 1 N–H and O–H groups in total. The van der Waals surface area contributed by atoms with Crippen molar-refractivity contribution in [1.82, 2.24) is 0 Å². The van der Waals surface area contributed by atoms with Crippen molar-refractivity contribution in [3.63, 3.8) is 0 Å². The molecule has 116 valence electrons. The predicted octanol–water partition coefficient (Wildman–Crippen LogP) is 3.78. The Kier molecular flexibility index (Phi) is 7.63. The zero-order valence-corrected chi connectivity index (χ0v) is 12.8. The third-order valence-corrected chi connectivity index (χ3v) is 4.30. The lowest BCUT2D eigenvalue weighted by Crippen LogP contribution is -2.28. The second kappa shape index (κ2) is 8.98. The lowest BCUT2D eigenvalue weighted by Gasteiger charge is -2.16. The molecule has 1 rings (SSSR count). The molecule has 1 fully saturated rings. The van der Waals surface area contributed by atoms with E-state index in [1.165, 1.54) is 32.1 Å². The summed E-state index contributed by atoms with van der Waals surface area (Å²) in [5, 5.41) is 9.14. The molecule has 0 spiro atoms. The van der Waals surface area contributed by atoms with Crippen molar-refractivity contribution >= 4 is 11.9 Å². The van der Waals surface area contributed by atoms with Gasteiger partial charge in [-0.15, -0.1) is 0 Å². The molecule has 0 bridgehead atoms. The van der Waals surface area contributed by atoms with E-state index >= 15 is 0 Å². The second-order valence-electron chi connectivity index (χ2n) is 5.98. The number of carboxylic acids is 1. The Labute approximate surface area is 121 Å². The number of carbonyl (C=O) groups is 2. The molecule has 0 amide bonds. The van der Waals surface area contributed by atoms with E-state index in [1.54, 1.807) is 6.92 Å². The van der Waals surface area contributed by atoms with Gasteiger partial charge >= 0.3 is 11.9 Å². The fourth-order valence-electron chi connectivity index (χ4n) is 2.79. The summed E-state index contributed by atoms with van der Waals surface area (Å²) in [6, 6.07) is 0. The van der Waals surface area contributed by atoms with E-state index < -0.39 is 17.9 Å². The van der Waals surface area contributed by atoms with Crippen molar-refractivity contribution in [3.05, 3.63) is 0 Å². The standard InChI is InChI=1S/C16H28O4/c1-3-12(2)20-16(19)14(15(17)18)11-7-6-10-13-8-4-5-9-13/h12-14H,3-11H2,1-2H3,(H,17,18). The van der Waals surface area contributed by atoms with Gasteiger partial charge in [-0.05, 0) is 25.7 Å². The maximum atomic E-state index is 11.8. The van der Waals surface area contributed by atoms with Crippen molar-refractivity contribution in [2.24, 2.45) is 11.8 Å². The van der Waals surface area contributed by atoms with Gasteiger partial charge in [-0.1, -0.05) is 51.9 Å². The summed E-state index contributed by atoms with van der Waals surface area (Å²) in [7, 11) is 0. The Morgan fingerprint density at radius 2 is 1.90 bits per heavy atom. The second-order valence-corrected chi connectivity index (χ2v) is 5.98. The summed E-state index contributed by atoms with van der Waals surface area (Å²) in [4.78, 5) is 23.0. The first-order chi connectivity index (χ1) is 9.54. The molecule has 4 nitrogen and oxygen atoms in total. The van der Waals surface area contributed by atoms with Gasteiger partial charge in [0.05, 0.1) is 6.10 Å².